The lowest BCUT2D eigenvalue weighted by Gasteiger charge is -2.03. The predicted octanol–water partition coefficient (Wildman–Crippen LogP) is 4.64. The Kier molecular flexibility index (Phi) is 10.9. The fourth-order valence-electron chi connectivity index (χ4n) is 1.58. The summed E-state index contributed by atoms with van der Waals surface area (Å²) in [5.41, 5.74) is 0. The van der Waals surface area contributed by atoms with E-state index in [2.05, 4.69) is 23.1 Å². The molecule has 0 spiro atoms. The van der Waals surface area contributed by atoms with Crippen LogP contribution in [0.2, 0.25) is 0 Å². The zero-order valence-corrected chi connectivity index (χ0v) is 10.7. The Labute approximate surface area is 87.1 Å². The molecule has 13 heavy (non-hydrogen) atoms. The molecule has 0 aliphatic heterocycles. The van der Waals surface area contributed by atoms with Crippen molar-refractivity contribution in [1.82, 2.24) is 0 Å². The van der Waals surface area contributed by atoms with Crippen LogP contribution in [-0.2, 0) is 0 Å². The summed E-state index contributed by atoms with van der Waals surface area (Å²) < 4.78 is 0. The number of hydrogen-bond donors (Lipinski definition) is 0. The highest BCUT2D eigenvalue weighted by molar-refractivity contribution is 7.16. The summed E-state index contributed by atoms with van der Waals surface area (Å²) in [5, 5.41) is 0. The third kappa shape index (κ3) is 12.4. The van der Waals surface area contributed by atoms with E-state index in [-0.39, 0.29) is 0 Å². The second-order valence-corrected chi connectivity index (χ2v) is 5.02. The van der Waals surface area contributed by atoms with Crippen molar-refractivity contribution in [3.05, 3.63) is 0 Å². The topological polar surface area (TPSA) is 0 Å². The highest BCUT2D eigenvalue weighted by Gasteiger charge is 1.94. The molecular weight excluding hydrogens is 175 g/mol. The van der Waals surface area contributed by atoms with E-state index in [9.17, 15) is 0 Å². The first-order chi connectivity index (χ1) is 6.27. The van der Waals surface area contributed by atoms with Crippen molar-refractivity contribution < 1.29 is 0 Å². The average Bonchev–Trinajstić information content (AvgIpc) is 2.09. The summed E-state index contributed by atoms with van der Waals surface area (Å²) in [6.45, 7) is 4.64. The second-order valence-electron chi connectivity index (χ2n) is 4.45. The minimum Gasteiger partial charge on any atom is -0.138 e. The number of rotatable bonds is 9. The molecule has 0 aromatic carbocycles. The Bertz CT molecular complexity index is 89.1. The van der Waals surface area contributed by atoms with Gasteiger partial charge in [-0.25, -0.2) is 0 Å². The Morgan fingerprint density at radius 1 is 0.769 bits per heavy atom. The molecular formula is C12H27P. The smallest absolute Gasteiger partial charge is 0.0381 e. The third-order valence-electron chi connectivity index (χ3n) is 2.49. The van der Waals surface area contributed by atoms with Crippen LogP contribution in [-0.4, -0.2) is 6.16 Å². The lowest BCUT2D eigenvalue weighted by Crippen LogP contribution is -1.87. The summed E-state index contributed by atoms with van der Waals surface area (Å²) in [6.07, 6.45) is 12.8. The van der Waals surface area contributed by atoms with E-state index < -0.39 is 0 Å². The molecule has 0 radical (unpaired) electrons. The molecule has 0 fully saturated rings. The summed E-state index contributed by atoms with van der Waals surface area (Å²) >= 11 is 0. The van der Waals surface area contributed by atoms with Gasteiger partial charge in [-0.05, 0) is 18.5 Å². The summed E-state index contributed by atoms with van der Waals surface area (Å²) in [6, 6.07) is 0. The first-order valence-electron chi connectivity index (χ1n) is 5.97. The van der Waals surface area contributed by atoms with E-state index in [1.807, 2.05) is 0 Å². The lowest BCUT2D eigenvalue weighted by atomic mass is 10.0. The standard InChI is InChI=1S/C12H27P/c1-12(2)10-8-6-4-3-5-7-9-11-13/h12H,3-11,13H2,1-2H3. The maximum Gasteiger partial charge on any atom is -0.0381 e. The third-order valence-corrected chi connectivity index (χ3v) is 2.89. The van der Waals surface area contributed by atoms with Gasteiger partial charge in [-0.2, -0.15) is 0 Å². The van der Waals surface area contributed by atoms with Crippen LogP contribution in [0.25, 0.3) is 0 Å². The van der Waals surface area contributed by atoms with Gasteiger partial charge in [0, 0.05) is 0 Å². The molecule has 0 nitrogen and oxygen atoms in total. The van der Waals surface area contributed by atoms with E-state index in [1.54, 1.807) is 0 Å². The van der Waals surface area contributed by atoms with Gasteiger partial charge >= 0.3 is 0 Å². The Hall–Kier alpha value is 0.430. The van der Waals surface area contributed by atoms with Crippen LogP contribution in [0.3, 0.4) is 0 Å². The molecule has 1 unspecified atom stereocenters. The van der Waals surface area contributed by atoms with E-state index in [1.165, 1.54) is 57.5 Å². The van der Waals surface area contributed by atoms with Crippen molar-refractivity contribution in [2.24, 2.45) is 5.92 Å². The minimum absolute atomic E-state index is 0.900. The molecule has 0 bridgehead atoms. The highest BCUT2D eigenvalue weighted by Crippen LogP contribution is 2.12. The van der Waals surface area contributed by atoms with Gasteiger partial charge in [-0.15, -0.1) is 9.24 Å². The number of unbranched alkanes of at least 4 members (excludes halogenated alkanes) is 6. The average molecular weight is 202 g/mol. The molecule has 0 aliphatic rings. The van der Waals surface area contributed by atoms with Crippen molar-refractivity contribution in [1.29, 1.82) is 0 Å². The van der Waals surface area contributed by atoms with Crippen LogP contribution in [0.1, 0.15) is 65.2 Å². The molecule has 0 saturated carbocycles. The van der Waals surface area contributed by atoms with Crippen LogP contribution in [0, 0.1) is 5.92 Å². The van der Waals surface area contributed by atoms with Crippen molar-refractivity contribution in [3.8, 4) is 0 Å². The molecule has 80 valence electrons. The SMILES string of the molecule is CC(C)CCCCCCCCCP. The molecule has 0 rings (SSSR count). The van der Waals surface area contributed by atoms with E-state index >= 15 is 0 Å². The molecule has 0 heterocycles. The first kappa shape index (κ1) is 13.4. The lowest BCUT2D eigenvalue weighted by molar-refractivity contribution is 0.511. The normalized spacial score (nSPS) is 11.1. The monoisotopic (exact) mass is 202 g/mol. The van der Waals surface area contributed by atoms with Crippen molar-refractivity contribution >= 4 is 9.24 Å². The summed E-state index contributed by atoms with van der Waals surface area (Å²) in [4.78, 5) is 0. The molecule has 0 aliphatic carbocycles. The largest absolute Gasteiger partial charge is 0.138 e. The van der Waals surface area contributed by atoms with Crippen LogP contribution >= 0.6 is 9.24 Å². The van der Waals surface area contributed by atoms with Gasteiger partial charge in [0.1, 0.15) is 0 Å². The Morgan fingerprint density at radius 2 is 1.23 bits per heavy atom. The van der Waals surface area contributed by atoms with Gasteiger partial charge in [0.15, 0.2) is 0 Å². The molecule has 1 heteroatoms. The predicted molar refractivity (Wildman–Crippen MR) is 66.4 cm³/mol. The van der Waals surface area contributed by atoms with Gasteiger partial charge in [0.05, 0.1) is 0 Å². The van der Waals surface area contributed by atoms with E-state index in [4.69, 9.17) is 0 Å². The molecule has 0 aromatic heterocycles. The van der Waals surface area contributed by atoms with Gasteiger partial charge in [-0.1, -0.05) is 58.8 Å². The quantitative estimate of drug-likeness (QED) is 0.377. The second kappa shape index (κ2) is 10.5. The van der Waals surface area contributed by atoms with Crippen LogP contribution in [0.15, 0.2) is 0 Å². The molecule has 1 atom stereocenters. The maximum atomic E-state index is 2.80. The summed E-state index contributed by atoms with van der Waals surface area (Å²) in [7, 11) is 2.80. The fraction of sp³-hybridized carbons (Fsp3) is 1.00. The van der Waals surface area contributed by atoms with Gasteiger partial charge in [0.2, 0.25) is 0 Å². The zero-order chi connectivity index (χ0) is 9.94. The highest BCUT2D eigenvalue weighted by atomic mass is 31.0. The molecule has 0 saturated heterocycles. The summed E-state index contributed by atoms with van der Waals surface area (Å²) in [5.74, 6) is 0.900. The number of hydrogen-bond acceptors (Lipinski definition) is 0. The first-order valence-corrected chi connectivity index (χ1v) is 6.79. The van der Waals surface area contributed by atoms with E-state index in [0.717, 1.165) is 5.92 Å². The Morgan fingerprint density at radius 3 is 1.69 bits per heavy atom. The van der Waals surface area contributed by atoms with Gasteiger partial charge in [0.25, 0.3) is 0 Å². The van der Waals surface area contributed by atoms with Crippen molar-refractivity contribution in [3.63, 3.8) is 0 Å². The molecule has 0 amide bonds. The Balaban J connectivity index is 2.84. The van der Waals surface area contributed by atoms with Gasteiger partial charge < -0.3 is 0 Å². The van der Waals surface area contributed by atoms with Crippen LogP contribution in [0.5, 0.6) is 0 Å². The molecule has 0 N–H and O–H groups in total. The van der Waals surface area contributed by atoms with Crippen LogP contribution in [0.4, 0.5) is 0 Å². The van der Waals surface area contributed by atoms with Crippen molar-refractivity contribution in [2.45, 2.75) is 65.2 Å². The minimum atomic E-state index is 0.900. The maximum absolute atomic E-state index is 2.80. The van der Waals surface area contributed by atoms with E-state index in [0.29, 0.717) is 0 Å². The fourth-order valence-corrected chi connectivity index (χ4v) is 1.87. The molecule has 0 aromatic rings. The van der Waals surface area contributed by atoms with Crippen LogP contribution < -0.4 is 0 Å². The van der Waals surface area contributed by atoms with Crippen molar-refractivity contribution in [2.75, 3.05) is 6.16 Å². The zero-order valence-electron chi connectivity index (χ0n) is 9.52. The van der Waals surface area contributed by atoms with Gasteiger partial charge in [-0.3, -0.25) is 0 Å².